The van der Waals surface area contributed by atoms with Gasteiger partial charge in [-0.15, -0.1) is 11.8 Å². The molecule has 2 aliphatic rings. The van der Waals surface area contributed by atoms with Crippen molar-refractivity contribution in [3.05, 3.63) is 20.8 Å². The second-order valence-corrected chi connectivity index (χ2v) is 13.1. The fourth-order valence-corrected chi connectivity index (χ4v) is 6.26. The Bertz CT molecular complexity index is 1350. The Balaban J connectivity index is 1.76. The molecule has 18 heteroatoms. The largest absolute Gasteiger partial charge is 0.477 e. The number of nitrogens with two attached hydrogens (primary N) is 1. The first-order valence-electron chi connectivity index (χ1n) is 11.8. The van der Waals surface area contributed by atoms with Crippen molar-refractivity contribution in [1.29, 1.82) is 0 Å². The number of thiazole rings is 1. The Kier molecular flexibility index (Phi) is 10.1. The molecule has 0 spiro atoms. The summed E-state index contributed by atoms with van der Waals surface area (Å²) in [5, 5.41) is 15.3. The van der Waals surface area contributed by atoms with Crippen molar-refractivity contribution in [2.75, 3.05) is 24.7 Å². The maximum atomic E-state index is 13.2. The lowest BCUT2D eigenvalue weighted by molar-refractivity contribution is -0.160. The number of ether oxygens (including phenoxy) is 2. The molecule has 1 aromatic heterocycles. The van der Waals surface area contributed by atoms with E-state index in [1.807, 2.05) is 0 Å². The summed E-state index contributed by atoms with van der Waals surface area (Å²) in [5.74, 6) is -4.96. The van der Waals surface area contributed by atoms with Gasteiger partial charge < -0.3 is 30.5 Å². The number of hydrogen-bond donors (Lipinski definition) is 3. The predicted octanol–water partition coefficient (Wildman–Crippen LogP) is 0.811. The third kappa shape index (κ3) is 8.04. The molecule has 2 aliphatic heterocycles. The molecule has 1 fully saturated rings. The summed E-state index contributed by atoms with van der Waals surface area (Å²) in [6.45, 7) is 5.17. The zero-order valence-corrected chi connectivity index (χ0v) is 25.4. The van der Waals surface area contributed by atoms with E-state index in [0.717, 1.165) is 28.0 Å². The molecule has 0 unspecified atom stereocenters. The summed E-state index contributed by atoms with van der Waals surface area (Å²) in [4.78, 5) is 83.2. The number of rotatable bonds is 11. The zero-order valence-electron chi connectivity index (χ0n) is 22.2. The first kappa shape index (κ1) is 32.0. The first-order valence-corrected chi connectivity index (χ1v) is 14.4. The van der Waals surface area contributed by atoms with Crippen LogP contribution in [0, 0.1) is 0 Å². The molecule has 41 heavy (non-hydrogen) atoms. The molecular weight excluding hydrogens is 650 g/mol. The molecule has 2 amide bonds. The van der Waals surface area contributed by atoms with Crippen LogP contribution < -0.4 is 11.1 Å². The summed E-state index contributed by atoms with van der Waals surface area (Å²) in [7, 11) is 0. The number of carbonyl (C=O) groups excluding carboxylic acids is 5. The number of nitrogens with one attached hydrogen (secondary N) is 1. The molecule has 0 aromatic carbocycles. The predicted molar refractivity (Wildman–Crippen MR) is 149 cm³/mol. The van der Waals surface area contributed by atoms with Gasteiger partial charge in [-0.3, -0.25) is 24.1 Å². The Hall–Kier alpha value is -3.51. The maximum absolute atomic E-state index is 13.2. The highest BCUT2D eigenvalue weighted by Crippen LogP contribution is 2.40. The maximum Gasteiger partial charge on any atom is 0.352 e. The number of Topliss-reactive ketones (excluding diaryl/α,β-unsaturated/α-hetero) is 1. The van der Waals surface area contributed by atoms with Gasteiger partial charge >= 0.3 is 17.9 Å². The van der Waals surface area contributed by atoms with Gasteiger partial charge in [-0.1, -0.05) is 16.5 Å². The van der Waals surface area contributed by atoms with E-state index in [4.69, 9.17) is 20.0 Å². The van der Waals surface area contributed by atoms with Crippen molar-refractivity contribution in [2.24, 2.45) is 5.16 Å². The summed E-state index contributed by atoms with van der Waals surface area (Å²) in [6, 6.07) is -1.14. The number of ketones is 1. The van der Waals surface area contributed by atoms with Gasteiger partial charge in [0.2, 0.25) is 6.61 Å². The van der Waals surface area contributed by atoms with Crippen molar-refractivity contribution < 1.29 is 48.2 Å². The number of β-lactam (4-membered cyclic amide) rings is 1. The second kappa shape index (κ2) is 13.0. The molecule has 1 saturated heterocycles. The van der Waals surface area contributed by atoms with E-state index < -0.39 is 77.9 Å². The lowest BCUT2D eigenvalue weighted by atomic mass is 10.0. The smallest absolute Gasteiger partial charge is 0.352 e. The number of thioether (sulfide) groups is 1. The molecule has 15 nitrogen and oxygen atoms in total. The van der Waals surface area contributed by atoms with E-state index in [-0.39, 0.29) is 27.8 Å². The average molecular weight is 677 g/mol. The second-order valence-electron chi connectivity index (χ2n) is 9.63. The Morgan fingerprint density at radius 3 is 2.49 bits per heavy atom. The topological polar surface area (TPSA) is 217 Å². The van der Waals surface area contributed by atoms with E-state index >= 15 is 0 Å². The number of carbonyl (C=O) groups is 6. The van der Waals surface area contributed by atoms with Gasteiger partial charge in [0.1, 0.15) is 51.0 Å². The van der Waals surface area contributed by atoms with Crippen LogP contribution in [-0.2, 0) is 43.1 Å². The summed E-state index contributed by atoms with van der Waals surface area (Å²) >= 11 is 5.39. The number of hydrogen-bond acceptors (Lipinski definition) is 14. The van der Waals surface area contributed by atoms with Crippen LogP contribution in [0.3, 0.4) is 0 Å². The van der Waals surface area contributed by atoms with Gasteiger partial charge in [0, 0.05) is 11.3 Å². The van der Waals surface area contributed by atoms with Crippen molar-refractivity contribution >= 4 is 85.4 Å². The van der Waals surface area contributed by atoms with Crippen molar-refractivity contribution in [3.63, 3.8) is 0 Å². The third-order valence-electron chi connectivity index (χ3n) is 5.14. The SMILES string of the molecule is CC(=O)CC(=O)OCC1=C(C(=O)O)N2C(=O)[C@@H](NC(=O)/C(=N\OCC(=O)OC(C)(C)C)c3nc(N)sc3Br)[C@@H]2SC1. The molecule has 1 aromatic rings. The number of anilines is 1. The highest BCUT2D eigenvalue weighted by atomic mass is 79.9. The number of nitrogen functional groups attached to an aromatic ring is 1. The van der Waals surface area contributed by atoms with E-state index in [0.29, 0.717) is 3.79 Å². The minimum Gasteiger partial charge on any atom is -0.477 e. The van der Waals surface area contributed by atoms with E-state index in [1.165, 1.54) is 6.92 Å². The number of aromatic nitrogens is 1. The molecule has 2 atom stereocenters. The van der Waals surface area contributed by atoms with E-state index in [1.54, 1.807) is 20.8 Å². The molecule has 0 bridgehead atoms. The monoisotopic (exact) mass is 675 g/mol. The number of esters is 2. The number of carboxylic acids is 1. The minimum absolute atomic E-state index is 0.00472. The minimum atomic E-state index is -1.43. The van der Waals surface area contributed by atoms with E-state index in [2.05, 4.69) is 31.4 Å². The summed E-state index contributed by atoms with van der Waals surface area (Å²) in [6.07, 6.45) is -0.464. The number of amides is 2. The molecule has 3 rings (SSSR count). The van der Waals surface area contributed by atoms with Crippen LogP contribution in [-0.4, -0.2) is 92.2 Å². The number of aliphatic carboxylic acids is 1. The Morgan fingerprint density at radius 1 is 1.24 bits per heavy atom. The molecular formula is C23H26BrN5O10S2. The standard InChI is InChI=1S/C23H26BrN5O10S2/c1-9(30)5-11(31)37-6-10-8-40-20-15(19(34)29(20)16(10)21(35)36)26-18(33)14(13-17(24)41-22(25)27-13)28-38-7-12(32)39-23(2,3)4/h15,20H,5-8H2,1-4H3,(H2,25,27)(H,26,33)(H,35,36)/b28-14-/t15-,20+/m1/s1. The first-order chi connectivity index (χ1) is 19.1. The average Bonchev–Trinajstić information content (AvgIpc) is 3.18. The quantitative estimate of drug-likeness (QED) is 0.0974. The number of nitrogens with zero attached hydrogens (tertiary/aromatic N) is 3. The van der Waals surface area contributed by atoms with Crippen LogP contribution in [0.25, 0.3) is 0 Å². The van der Waals surface area contributed by atoms with Gasteiger partial charge in [-0.2, -0.15) is 0 Å². The summed E-state index contributed by atoms with van der Waals surface area (Å²) < 4.78 is 10.5. The lowest BCUT2D eigenvalue weighted by Crippen LogP contribution is -2.71. The molecule has 0 radical (unpaired) electrons. The summed E-state index contributed by atoms with van der Waals surface area (Å²) in [5.41, 5.74) is 4.35. The normalized spacial score (nSPS) is 18.7. The fourth-order valence-electron chi connectivity index (χ4n) is 3.60. The molecule has 3 heterocycles. The van der Waals surface area contributed by atoms with Gasteiger partial charge in [0.05, 0.1) is 0 Å². The van der Waals surface area contributed by atoms with Gasteiger partial charge in [0.15, 0.2) is 10.8 Å². The van der Waals surface area contributed by atoms with Crippen molar-refractivity contribution in [3.8, 4) is 0 Å². The zero-order chi connectivity index (χ0) is 30.6. The van der Waals surface area contributed by atoms with Crippen LogP contribution in [0.4, 0.5) is 5.13 Å². The third-order valence-corrected chi connectivity index (χ3v) is 8.01. The number of fused-ring (bicyclic) bond motifs is 1. The Labute approximate surface area is 249 Å². The van der Waals surface area contributed by atoms with Crippen LogP contribution >= 0.6 is 39.0 Å². The molecule has 222 valence electrons. The highest BCUT2D eigenvalue weighted by Gasteiger charge is 2.54. The van der Waals surface area contributed by atoms with Gasteiger partial charge in [0.25, 0.3) is 11.8 Å². The van der Waals surface area contributed by atoms with Gasteiger partial charge in [-0.05, 0) is 43.6 Å². The van der Waals surface area contributed by atoms with Crippen LogP contribution in [0.1, 0.15) is 39.8 Å². The highest BCUT2D eigenvalue weighted by molar-refractivity contribution is 9.11. The molecule has 4 N–H and O–H groups in total. The molecule has 0 aliphatic carbocycles. The lowest BCUT2D eigenvalue weighted by Gasteiger charge is -2.49. The van der Waals surface area contributed by atoms with Crippen molar-refractivity contribution in [1.82, 2.24) is 15.2 Å². The van der Waals surface area contributed by atoms with Crippen LogP contribution in [0.2, 0.25) is 0 Å². The fraction of sp³-hybridized carbons (Fsp3) is 0.478. The number of halogens is 1. The number of carboxylic acid groups (broad SMARTS) is 1. The van der Waals surface area contributed by atoms with Crippen LogP contribution in [0.15, 0.2) is 20.2 Å². The van der Waals surface area contributed by atoms with E-state index in [9.17, 15) is 33.9 Å². The van der Waals surface area contributed by atoms with Gasteiger partial charge in [-0.25, -0.2) is 14.6 Å². The molecule has 0 saturated carbocycles. The Morgan fingerprint density at radius 2 is 1.93 bits per heavy atom. The number of oxime groups is 1. The van der Waals surface area contributed by atoms with Crippen LogP contribution in [0.5, 0.6) is 0 Å². The van der Waals surface area contributed by atoms with Crippen molar-refractivity contribution in [2.45, 2.75) is 51.1 Å².